The smallest absolute Gasteiger partial charge is 0.226 e. The van der Waals surface area contributed by atoms with Gasteiger partial charge >= 0.3 is 0 Å². The van der Waals surface area contributed by atoms with Gasteiger partial charge < -0.3 is 20.5 Å². The van der Waals surface area contributed by atoms with E-state index in [4.69, 9.17) is 15.2 Å². The maximum atomic E-state index is 11.9. The number of nitrogens with one attached hydrogen (secondary N) is 2. The van der Waals surface area contributed by atoms with Crippen molar-refractivity contribution >= 4 is 11.6 Å². The van der Waals surface area contributed by atoms with E-state index in [2.05, 4.69) is 20.5 Å². The summed E-state index contributed by atoms with van der Waals surface area (Å²) in [4.78, 5) is 16.2. The zero-order chi connectivity index (χ0) is 17.5. The fourth-order valence-corrected chi connectivity index (χ4v) is 2.60. The Morgan fingerprint density at radius 3 is 2.92 bits per heavy atom. The molecule has 3 rings (SSSR count). The topological polar surface area (TPSA) is 115 Å². The number of aromatic amines is 1. The van der Waals surface area contributed by atoms with Gasteiger partial charge in [-0.05, 0) is 37.1 Å². The first-order chi connectivity index (χ1) is 12.2. The minimum Gasteiger partial charge on any atom is -0.378 e. The van der Waals surface area contributed by atoms with Crippen LogP contribution in [0.2, 0.25) is 0 Å². The summed E-state index contributed by atoms with van der Waals surface area (Å²) in [7, 11) is 0. The maximum absolute atomic E-state index is 11.9. The van der Waals surface area contributed by atoms with Crippen molar-refractivity contribution in [1.82, 2.24) is 15.2 Å². The van der Waals surface area contributed by atoms with E-state index >= 15 is 0 Å². The number of hydrogen-bond donors (Lipinski definition) is 3. The summed E-state index contributed by atoms with van der Waals surface area (Å²) < 4.78 is 11.0. The fourth-order valence-electron chi connectivity index (χ4n) is 2.60. The van der Waals surface area contributed by atoms with Crippen LogP contribution >= 0.6 is 0 Å². The summed E-state index contributed by atoms with van der Waals surface area (Å²) in [5.41, 5.74) is 7.09. The molecule has 1 aromatic carbocycles. The highest BCUT2D eigenvalue weighted by Gasteiger charge is 2.15. The third-order valence-corrected chi connectivity index (χ3v) is 3.95. The molecule has 0 spiro atoms. The van der Waals surface area contributed by atoms with E-state index in [-0.39, 0.29) is 12.0 Å². The number of H-pyrrole nitrogens is 1. The first kappa shape index (κ1) is 17.5. The molecule has 2 aromatic rings. The van der Waals surface area contributed by atoms with Gasteiger partial charge in [-0.3, -0.25) is 9.89 Å². The lowest BCUT2D eigenvalue weighted by Gasteiger charge is -2.10. The van der Waals surface area contributed by atoms with E-state index in [9.17, 15) is 4.79 Å². The molecular formula is C17H23N5O3. The van der Waals surface area contributed by atoms with Crippen molar-refractivity contribution in [3.05, 3.63) is 30.1 Å². The molecule has 1 unspecified atom stereocenters. The molecule has 1 aliphatic heterocycles. The lowest BCUT2D eigenvalue weighted by atomic mass is 10.2. The predicted octanol–water partition coefficient (Wildman–Crippen LogP) is 1.45. The molecule has 1 aliphatic rings. The van der Waals surface area contributed by atoms with Gasteiger partial charge in [0.05, 0.1) is 32.3 Å². The lowest BCUT2D eigenvalue weighted by molar-refractivity contribution is -0.117. The van der Waals surface area contributed by atoms with Crippen LogP contribution in [0.1, 0.15) is 25.1 Å². The number of rotatable bonds is 8. The SMILES string of the molecule is NCc1nc(-c2ccc(NC(=O)CCOCC3CCCO3)cc2)n[nH]1. The summed E-state index contributed by atoms with van der Waals surface area (Å²) in [6, 6.07) is 7.35. The quantitative estimate of drug-likeness (QED) is 0.624. The van der Waals surface area contributed by atoms with Crippen LogP contribution in [-0.2, 0) is 20.8 Å². The molecule has 0 bridgehead atoms. The zero-order valence-electron chi connectivity index (χ0n) is 14.0. The van der Waals surface area contributed by atoms with Crippen LogP contribution in [0.15, 0.2) is 24.3 Å². The molecule has 0 saturated carbocycles. The number of benzene rings is 1. The summed E-state index contributed by atoms with van der Waals surface area (Å²) in [6.07, 6.45) is 2.63. The Kier molecular flexibility index (Phi) is 6.10. The summed E-state index contributed by atoms with van der Waals surface area (Å²) in [5, 5.41) is 9.72. The number of carbonyl (C=O) groups is 1. The van der Waals surface area contributed by atoms with Crippen LogP contribution < -0.4 is 11.1 Å². The second kappa shape index (κ2) is 8.70. The Morgan fingerprint density at radius 1 is 1.40 bits per heavy atom. The Balaban J connectivity index is 1.42. The van der Waals surface area contributed by atoms with Crippen molar-refractivity contribution in [3.8, 4) is 11.4 Å². The van der Waals surface area contributed by atoms with Crippen LogP contribution in [0, 0.1) is 0 Å². The summed E-state index contributed by atoms with van der Waals surface area (Å²) in [5.74, 6) is 1.14. The van der Waals surface area contributed by atoms with Crippen molar-refractivity contribution in [2.45, 2.75) is 31.9 Å². The van der Waals surface area contributed by atoms with Crippen molar-refractivity contribution in [2.24, 2.45) is 5.73 Å². The number of amides is 1. The molecule has 1 atom stereocenters. The Labute approximate surface area is 146 Å². The Morgan fingerprint density at radius 2 is 2.24 bits per heavy atom. The number of hydrogen-bond acceptors (Lipinski definition) is 6. The molecule has 4 N–H and O–H groups in total. The molecular weight excluding hydrogens is 322 g/mol. The van der Waals surface area contributed by atoms with Gasteiger partial charge in [0.1, 0.15) is 5.82 Å². The molecule has 8 nitrogen and oxygen atoms in total. The highest BCUT2D eigenvalue weighted by molar-refractivity contribution is 5.90. The second-order valence-electron chi connectivity index (χ2n) is 5.90. The van der Waals surface area contributed by atoms with Gasteiger partial charge in [-0.25, -0.2) is 4.98 Å². The summed E-state index contributed by atoms with van der Waals surface area (Å²) >= 11 is 0. The maximum Gasteiger partial charge on any atom is 0.226 e. The molecule has 1 saturated heterocycles. The minimum absolute atomic E-state index is 0.0802. The fraction of sp³-hybridized carbons (Fsp3) is 0.471. The number of carbonyl (C=O) groups excluding carboxylic acids is 1. The standard InChI is InChI=1S/C17H23N5O3/c18-10-15-20-17(22-21-15)12-3-5-13(6-4-12)19-16(23)7-9-24-11-14-2-1-8-25-14/h3-6,14H,1-2,7-11,18H2,(H,19,23)(H,20,21,22). The van der Waals surface area contributed by atoms with Gasteiger partial charge in [-0.15, -0.1) is 0 Å². The van der Waals surface area contributed by atoms with E-state index < -0.39 is 0 Å². The number of anilines is 1. The highest BCUT2D eigenvalue weighted by Crippen LogP contribution is 2.18. The molecule has 8 heteroatoms. The largest absolute Gasteiger partial charge is 0.378 e. The zero-order valence-corrected chi connectivity index (χ0v) is 14.0. The van der Waals surface area contributed by atoms with Crippen LogP contribution in [-0.4, -0.2) is 47.0 Å². The second-order valence-corrected chi connectivity index (χ2v) is 5.90. The van der Waals surface area contributed by atoms with Gasteiger partial charge in [0, 0.05) is 17.9 Å². The Hall–Kier alpha value is -2.29. The minimum atomic E-state index is -0.0802. The predicted molar refractivity (Wildman–Crippen MR) is 92.7 cm³/mol. The molecule has 0 aliphatic carbocycles. The molecule has 1 amide bonds. The van der Waals surface area contributed by atoms with Gasteiger partial charge in [0.25, 0.3) is 0 Å². The van der Waals surface area contributed by atoms with Gasteiger partial charge in [0.15, 0.2) is 5.82 Å². The van der Waals surface area contributed by atoms with Crippen LogP contribution in [0.25, 0.3) is 11.4 Å². The third-order valence-electron chi connectivity index (χ3n) is 3.95. The monoisotopic (exact) mass is 345 g/mol. The molecule has 1 aromatic heterocycles. The van der Waals surface area contributed by atoms with E-state index in [0.717, 1.165) is 30.7 Å². The van der Waals surface area contributed by atoms with Crippen LogP contribution in [0.4, 0.5) is 5.69 Å². The average molecular weight is 345 g/mol. The average Bonchev–Trinajstić information content (AvgIpc) is 3.31. The van der Waals surface area contributed by atoms with Crippen LogP contribution in [0.5, 0.6) is 0 Å². The van der Waals surface area contributed by atoms with Gasteiger partial charge in [-0.1, -0.05) is 0 Å². The van der Waals surface area contributed by atoms with E-state index in [0.29, 0.717) is 37.8 Å². The number of aromatic nitrogens is 3. The van der Waals surface area contributed by atoms with Crippen molar-refractivity contribution in [3.63, 3.8) is 0 Å². The Bertz CT molecular complexity index is 680. The third kappa shape index (κ3) is 5.09. The van der Waals surface area contributed by atoms with Crippen LogP contribution in [0.3, 0.4) is 0 Å². The lowest BCUT2D eigenvalue weighted by Crippen LogP contribution is -2.18. The first-order valence-electron chi connectivity index (χ1n) is 8.45. The molecule has 2 heterocycles. The van der Waals surface area contributed by atoms with Gasteiger partial charge in [0.2, 0.25) is 5.91 Å². The van der Waals surface area contributed by atoms with E-state index in [1.807, 2.05) is 24.3 Å². The summed E-state index contributed by atoms with van der Waals surface area (Å²) in [6.45, 7) is 2.08. The number of nitrogens with zero attached hydrogens (tertiary/aromatic N) is 2. The molecule has 1 fully saturated rings. The van der Waals surface area contributed by atoms with Crippen molar-refractivity contribution < 1.29 is 14.3 Å². The number of nitrogens with two attached hydrogens (primary N) is 1. The number of ether oxygens (including phenoxy) is 2. The van der Waals surface area contributed by atoms with Gasteiger partial charge in [-0.2, -0.15) is 5.10 Å². The molecule has 25 heavy (non-hydrogen) atoms. The highest BCUT2D eigenvalue weighted by atomic mass is 16.5. The van der Waals surface area contributed by atoms with E-state index in [1.165, 1.54) is 0 Å². The molecule has 0 radical (unpaired) electrons. The first-order valence-corrected chi connectivity index (χ1v) is 8.45. The van der Waals surface area contributed by atoms with E-state index in [1.54, 1.807) is 0 Å². The van der Waals surface area contributed by atoms with Crippen molar-refractivity contribution in [1.29, 1.82) is 0 Å². The normalized spacial score (nSPS) is 16.9. The van der Waals surface area contributed by atoms with Crippen molar-refractivity contribution in [2.75, 3.05) is 25.1 Å². The molecule has 134 valence electrons.